The quantitative estimate of drug-likeness (QED) is 0.702. The summed E-state index contributed by atoms with van der Waals surface area (Å²) in [5.41, 5.74) is 1.23. The fourth-order valence-electron chi connectivity index (χ4n) is 4.89. The van der Waals surface area contributed by atoms with Crippen molar-refractivity contribution in [3.63, 3.8) is 0 Å². The number of rotatable bonds is 6. The molecular weight excluding hydrogens is 388 g/mol. The highest BCUT2D eigenvalue weighted by molar-refractivity contribution is 5.81. The second-order valence-electron chi connectivity index (χ2n) is 9.08. The van der Waals surface area contributed by atoms with Crippen LogP contribution in [0.25, 0.3) is 6.08 Å². The van der Waals surface area contributed by atoms with Crippen molar-refractivity contribution in [2.45, 2.75) is 25.7 Å². The van der Waals surface area contributed by atoms with E-state index >= 15 is 0 Å². The molecule has 1 aromatic carbocycles. The molecule has 3 fully saturated rings. The van der Waals surface area contributed by atoms with Crippen molar-refractivity contribution >= 4 is 17.9 Å². The summed E-state index contributed by atoms with van der Waals surface area (Å²) in [7, 11) is 0. The molecule has 0 spiro atoms. The van der Waals surface area contributed by atoms with Gasteiger partial charge in [0.1, 0.15) is 0 Å². The van der Waals surface area contributed by atoms with E-state index in [4.69, 9.17) is 0 Å². The third-order valence-electron chi connectivity index (χ3n) is 6.91. The van der Waals surface area contributed by atoms with Crippen molar-refractivity contribution < 1.29 is 9.59 Å². The van der Waals surface area contributed by atoms with E-state index < -0.39 is 0 Å². The van der Waals surface area contributed by atoms with E-state index in [0.29, 0.717) is 12.5 Å². The summed E-state index contributed by atoms with van der Waals surface area (Å²) in [4.78, 5) is 34.1. The third-order valence-corrected chi connectivity index (χ3v) is 6.91. The Bertz CT molecular complexity index is 744. The molecule has 3 aliphatic rings. The van der Waals surface area contributed by atoms with Crippen LogP contribution in [0.15, 0.2) is 36.4 Å². The van der Waals surface area contributed by atoms with E-state index in [1.54, 1.807) is 0 Å². The standard InChI is InChI=1S/C25H36N4O2/c30-24(28-15-10-23(11-16-28)25(31)29-13-4-5-14-29)21-27-19-17-26(18-20-27)12-6-9-22-7-2-1-3-8-22/h1-3,6-9,23H,4-5,10-21H2/b9-6+. The molecule has 31 heavy (non-hydrogen) atoms. The van der Waals surface area contributed by atoms with Crippen molar-refractivity contribution in [1.29, 1.82) is 0 Å². The SMILES string of the molecule is O=C(CN1CCN(C/C=C/c2ccccc2)CC1)N1CCC(C(=O)N2CCCC2)CC1. The van der Waals surface area contributed by atoms with Crippen LogP contribution < -0.4 is 0 Å². The van der Waals surface area contributed by atoms with E-state index in [1.807, 2.05) is 15.9 Å². The van der Waals surface area contributed by atoms with Crippen molar-refractivity contribution in [2.24, 2.45) is 5.92 Å². The Hall–Kier alpha value is -2.18. The van der Waals surface area contributed by atoms with Crippen LogP contribution in [-0.2, 0) is 9.59 Å². The maximum absolute atomic E-state index is 12.8. The first kappa shape index (κ1) is 22.0. The van der Waals surface area contributed by atoms with Crippen LogP contribution in [0.5, 0.6) is 0 Å². The zero-order chi connectivity index (χ0) is 21.5. The molecule has 0 bridgehead atoms. The molecule has 168 valence electrons. The van der Waals surface area contributed by atoms with Gasteiger partial charge in [0.05, 0.1) is 6.54 Å². The Morgan fingerprint density at radius 3 is 2.13 bits per heavy atom. The average Bonchev–Trinajstić information content (AvgIpc) is 3.36. The lowest BCUT2D eigenvalue weighted by atomic mass is 9.95. The number of hydrogen-bond donors (Lipinski definition) is 0. The summed E-state index contributed by atoms with van der Waals surface area (Å²) >= 11 is 0. The summed E-state index contributed by atoms with van der Waals surface area (Å²) < 4.78 is 0. The Labute approximate surface area is 186 Å². The lowest BCUT2D eigenvalue weighted by Crippen LogP contribution is -2.51. The van der Waals surface area contributed by atoms with E-state index in [9.17, 15) is 9.59 Å². The van der Waals surface area contributed by atoms with Crippen molar-refractivity contribution in [1.82, 2.24) is 19.6 Å². The maximum atomic E-state index is 12.8. The van der Waals surface area contributed by atoms with Gasteiger partial charge in [-0.15, -0.1) is 0 Å². The lowest BCUT2D eigenvalue weighted by molar-refractivity contribution is -0.140. The number of likely N-dealkylation sites (tertiary alicyclic amines) is 2. The molecule has 1 aromatic rings. The Balaban J connectivity index is 1.13. The summed E-state index contributed by atoms with van der Waals surface area (Å²) in [5, 5.41) is 0. The monoisotopic (exact) mass is 424 g/mol. The largest absolute Gasteiger partial charge is 0.342 e. The fraction of sp³-hybridized carbons (Fsp3) is 0.600. The van der Waals surface area contributed by atoms with Gasteiger partial charge in [0.15, 0.2) is 0 Å². The Morgan fingerprint density at radius 1 is 0.806 bits per heavy atom. The van der Waals surface area contributed by atoms with Crippen LogP contribution in [0, 0.1) is 5.92 Å². The number of piperazine rings is 1. The fourth-order valence-corrected chi connectivity index (χ4v) is 4.89. The smallest absolute Gasteiger partial charge is 0.236 e. The molecular formula is C25H36N4O2. The molecule has 6 heteroatoms. The first-order chi connectivity index (χ1) is 15.2. The molecule has 0 saturated carbocycles. The van der Waals surface area contributed by atoms with Gasteiger partial charge in [-0.2, -0.15) is 0 Å². The highest BCUT2D eigenvalue weighted by Gasteiger charge is 2.31. The maximum Gasteiger partial charge on any atom is 0.236 e. The van der Waals surface area contributed by atoms with Gasteiger partial charge >= 0.3 is 0 Å². The van der Waals surface area contributed by atoms with Gasteiger partial charge in [0.2, 0.25) is 11.8 Å². The van der Waals surface area contributed by atoms with Crippen molar-refractivity contribution in [2.75, 3.05) is 65.4 Å². The van der Waals surface area contributed by atoms with E-state index in [-0.39, 0.29) is 11.8 Å². The van der Waals surface area contributed by atoms with Crippen LogP contribution in [0.1, 0.15) is 31.2 Å². The summed E-state index contributed by atoms with van der Waals surface area (Å²) in [6.07, 6.45) is 8.32. The summed E-state index contributed by atoms with van der Waals surface area (Å²) in [6.45, 7) is 8.65. The predicted molar refractivity (Wildman–Crippen MR) is 123 cm³/mol. The van der Waals surface area contributed by atoms with Gasteiger partial charge in [0.25, 0.3) is 0 Å². The topological polar surface area (TPSA) is 47.1 Å². The molecule has 3 saturated heterocycles. The molecule has 0 atom stereocenters. The van der Waals surface area contributed by atoms with Gasteiger partial charge in [-0.3, -0.25) is 19.4 Å². The number of hydrogen-bond acceptors (Lipinski definition) is 4. The minimum Gasteiger partial charge on any atom is -0.342 e. The molecule has 0 unspecified atom stereocenters. The minimum atomic E-state index is 0.120. The van der Waals surface area contributed by atoms with Gasteiger partial charge in [0, 0.05) is 64.8 Å². The van der Waals surface area contributed by atoms with Crippen LogP contribution in [0.2, 0.25) is 0 Å². The van der Waals surface area contributed by atoms with E-state index in [0.717, 1.165) is 84.6 Å². The highest BCUT2D eigenvalue weighted by Crippen LogP contribution is 2.22. The molecule has 0 radical (unpaired) electrons. The van der Waals surface area contributed by atoms with Crippen molar-refractivity contribution in [3.05, 3.63) is 42.0 Å². The average molecular weight is 425 g/mol. The van der Waals surface area contributed by atoms with Crippen molar-refractivity contribution in [3.8, 4) is 0 Å². The normalized spacial score (nSPS) is 21.8. The van der Waals surface area contributed by atoms with Gasteiger partial charge in [-0.25, -0.2) is 0 Å². The second kappa shape index (κ2) is 10.9. The number of carbonyl (C=O) groups is 2. The van der Waals surface area contributed by atoms with E-state index in [1.165, 1.54) is 5.56 Å². The number of carbonyl (C=O) groups excluding carboxylic acids is 2. The van der Waals surface area contributed by atoms with Gasteiger partial charge < -0.3 is 9.80 Å². The van der Waals surface area contributed by atoms with Crippen LogP contribution in [0.3, 0.4) is 0 Å². The molecule has 2 amide bonds. The molecule has 0 aromatic heterocycles. The molecule has 0 aliphatic carbocycles. The molecule has 4 rings (SSSR count). The number of amides is 2. The minimum absolute atomic E-state index is 0.120. The molecule has 6 nitrogen and oxygen atoms in total. The predicted octanol–water partition coefficient (Wildman–Crippen LogP) is 2.18. The van der Waals surface area contributed by atoms with E-state index in [2.05, 4.69) is 46.2 Å². The highest BCUT2D eigenvalue weighted by atomic mass is 16.2. The Kier molecular flexibility index (Phi) is 7.76. The lowest BCUT2D eigenvalue weighted by Gasteiger charge is -2.37. The van der Waals surface area contributed by atoms with Crippen LogP contribution in [0.4, 0.5) is 0 Å². The summed E-state index contributed by atoms with van der Waals surface area (Å²) in [5.74, 6) is 0.668. The second-order valence-corrected chi connectivity index (χ2v) is 9.08. The van der Waals surface area contributed by atoms with Gasteiger partial charge in [-0.1, -0.05) is 42.5 Å². The molecule has 3 aliphatic heterocycles. The number of nitrogens with zero attached hydrogens (tertiary/aromatic N) is 4. The van der Waals surface area contributed by atoms with Gasteiger partial charge in [-0.05, 0) is 31.2 Å². The molecule has 0 N–H and O–H groups in total. The summed E-state index contributed by atoms with van der Waals surface area (Å²) in [6, 6.07) is 10.4. The zero-order valence-corrected chi connectivity index (χ0v) is 18.6. The first-order valence-electron chi connectivity index (χ1n) is 11.9. The molecule has 3 heterocycles. The number of piperidine rings is 1. The van der Waals surface area contributed by atoms with Crippen LogP contribution in [-0.4, -0.2) is 96.9 Å². The Morgan fingerprint density at radius 2 is 1.45 bits per heavy atom. The zero-order valence-electron chi connectivity index (χ0n) is 18.6. The van der Waals surface area contributed by atoms with Crippen LogP contribution >= 0.6 is 0 Å². The third kappa shape index (κ3) is 6.17. The number of benzene rings is 1. The first-order valence-corrected chi connectivity index (χ1v) is 11.9.